The van der Waals surface area contributed by atoms with Gasteiger partial charge in [-0.3, -0.25) is 0 Å². The standard InChI is InChI=1S/C12H13NO4S3/c1-13-11-6-7-12(18-11)20(16,17)10-5-3-4-9(8-10)19(2,14)15/h3-8,13H,1-2H3. The lowest BCUT2D eigenvalue weighted by Crippen LogP contribution is -2.03. The highest BCUT2D eigenvalue weighted by molar-refractivity contribution is 7.93. The van der Waals surface area contributed by atoms with E-state index in [1.54, 1.807) is 13.1 Å². The molecule has 0 saturated carbocycles. The lowest BCUT2D eigenvalue weighted by atomic mass is 10.4. The van der Waals surface area contributed by atoms with Gasteiger partial charge in [0.15, 0.2) is 9.84 Å². The molecular formula is C12H13NO4S3. The molecule has 0 unspecified atom stereocenters. The molecule has 20 heavy (non-hydrogen) atoms. The Morgan fingerprint density at radius 1 is 1.00 bits per heavy atom. The topological polar surface area (TPSA) is 80.3 Å². The normalized spacial score (nSPS) is 12.3. The minimum absolute atomic E-state index is 0.0102. The largest absolute Gasteiger partial charge is 0.380 e. The number of nitrogens with one attached hydrogen (secondary N) is 1. The first-order chi connectivity index (χ1) is 9.25. The number of hydrogen-bond acceptors (Lipinski definition) is 6. The van der Waals surface area contributed by atoms with Crippen LogP contribution in [0.5, 0.6) is 0 Å². The van der Waals surface area contributed by atoms with E-state index in [1.807, 2.05) is 0 Å². The third-order valence-corrected chi connectivity index (χ3v) is 7.09. The number of benzene rings is 1. The molecule has 1 aromatic heterocycles. The SMILES string of the molecule is CNc1ccc(S(=O)(=O)c2cccc(S(C)(=O)=O)c2)s1. The highest BCUT2D eigenvalue weighted by atomic mass is 32.2. The molecule has 1 N–H and O–H groups in total. The molecule has 0 bridgehead atoms. The minimum Gasteiger partial charge on any atom is -0.380 e. The van der Waals surface area contributed by atoms with E-state index in [0.29, 0.717) is 0 Å². The Kier molecular flexibility index (Phi) is 3.90. The number of sulfone groups is 2. The zero-order chi connectivity index (χ0) is 15.0. The van der Waals surface area contributed by atoms with Crippen LogP contribution in [0.25, 0.3) is 0 Å². The van der Waals surface area contributed by atoms with Crippen LogP contribution in [0.15, 0.2) is 50.4 Å². The van der Waals surface area contributed by atoms with E-state index >= 15 is 0 Å². The molecule has 1 aromatic carbocycles. The summed E-state index contributed by atoms with van der Waals surface area (Å²) >= 11 is 1.10. The van der Waals surface area contributed by atoms with Gasteiger partial charge in [0.05, 0.1) is 14.8 Å². The van der Waals surface area contributed by atoms with Crippen LogP contribution in [0, 0.1) is 0 Å². The fourth-order valence-corrected chi connectivity index (χ4v) is 4.94. The van der Waals surface area contributed by atoms with E-state index < -0.39 is 19.7 Å². The van der Waals surface area contributed by atoms with Gasteiger partial charge in [0.1, 0.15) is 4.21 Å². The van der Waals surface area contributed by atoms with Gasteiger partial charge in [-0.05, 0) is 30.3 Å². The molecule has 108 valence electrons. The van der Waals surface area contributed by atoms with Gasteiger partial charge in [-0.15, -0.1) is 11.3 Å². The first-order valence-corrected chi connectivity index (χ1v) is 9.77. The van der Waals surface area contributed by atoms with Crippen LogP contribution in [0.3, 0.4) is 0 Å². The van der Waals surface area contributed by atoms with Crippen LogP contribution in [0.1, 0.15) is 0 Å². The molecule has 2 rings (SSSR count). The van der Waals surface area contributed by atoms with E-state index in [0.717, 1.165) is 22.6 Å². The van der Waals surface area contributed by atoms with Crippen LogP contribution in [0.2, 0.25) is 0 Å². The Balaban J connectivity index is 2.55. The second-order valence-electron chi connectivity index (χ2n) is 4.12. The molecule has 1 heterocycles. The van der Waals surface area contributed by atoms with Crippen molar-refractivity contribution in [2.75, 3.05) is 18.6 Å². The number of anilines is 1. The van der Waals surface area contributed by atoms with Gasteiger partial charge in [0.2, 0.25) is 9.84 Å². The number of rotatable bonds is 4. The van der Waals surface area contributed by atoms with Gasteiger partial charge < -0.3 is 5.32 Å². The van der Waals surface area contributed by atoms with E-state index in [4.69, 9.17) is 0 Å². The summed E-state index contributed by atoms with van der Waals surface area (Å²) in [6.07, 6.45) is 1.04. The predicted molar refractivity (Wildman–Crippen MR) is 78.9 cm³/mol. The van der Waals surface area contributed by atoms with Crippen molar-refractivity contribution in [2.24, 2.45) is 0 Å². The second-order valence-corrected chi connectivity index (χ2v) is 9.40. The van der Waals surface area contributed by atoms with Crippen LogP contribution >= 0.6 is 11.3 Å². The van der Waals surface area contributed by atoms with Crippen molar-refractivity contribution in [3.8, 4) is 0 Å². The Bertz CT molecular complexity index is 835. The second kappa shape index (κ2) is 5.19. The molecular weight excluding hydrogens is 318 g/mol. The molecule has 0 saturated heterocycles. The van der Waals surface area contributed by atoms with Crippen molar-refractivity contribution in [1.82, 2.24) is 0 Å². The van der Waals surface area contributed by atoms with E-state index in [-0.39, 0.29) is 14.0 Å². The Labute approximate surface area is 122 Å². The Morgan fingerprint density at radius 3 is 2.20 bits per heavy atom. The average molecular weight is 331 g/mol. The van der Waals surface area contributed by atoms with Crippen LogP contribution < -0.4 is 5.32 Å². The first kappa shape index (κ1) is 15.0. The summed E-state index contributed by atoms with van der Waals surface area (Å²) in [6, 6.07) is 8.54. The van der Waals surface area contributed by atoms with Crippen LogP contribution in [0.4, 0.5) is 5.00 Å². The third kappa shape index (κ3) is 2.87. The quantitative estimate of drug-likeness (QED) is 0.927. The van der Waals surface area contributed by atoms with E-state index in [1.165, 1.54) is 30.3 Å². The summed E-state index contributed by atoms with van der Waals surface area (Å²) in [6.45, 7) is 0. The van der Waals surface area contributed by atoms with Crippen molar-refractivity contribution >= 4 is 36.0 Å². The highest BCUT2D eigenvalue weighted by Crippen LogP contribution is 2.31. The van der Waals surface area contributed by atoms with Crippen molar-refractivity contribution in [1.29, 1.82) is 0 Å². The summed E-state index contributed by atoms with van der Waals surface area (Å²) in [7, 11) is -5.44. The van der Waals surface area contributed by atoms with Crippen molar-refractivity contribution in [3.05, 3.63) is 36.4 Å². The van der Waals surface area contributed by atoms with Gasteiger partial charge in [0, 0.05) is 13.3 Å². The summed E-state index contributed by atoms with van der Waals surface area (Å²) < 4.78 is 48.0. The van der Waals surface area contributed by atoms with Gasteiger partial charge in [-0.25, -0.2) is 16.8 Å². The number of hydrogen-bond donors (Lipinski definition) is 1. The van der Waals surface area contributed by atoms with Gasteiger partial charge in [-0.2, -0.15) is 0 Å². The molecule has 0 aliphatic rings. The molecule has 0 radical (unpaired) electrons. The summed E-state index contributed by atoms with van der Waals surface area (Å²) in [5, 5.41) is 3.59. The summed E-state index contributed by atoms with van der Waals surface area (Å²) in [5.41, 5.74) is 0. The van der Waals surface area contributed by atoms with Crippen molar-refractivity contribution < 1.29 is 16.8 Å². The predicted octanol–water partition coefficient (Wildman–Crippen LogP) is 2.03. The molecule has 0 aliphatic carbocycles. The lowest BCUT2D eigenvalue weighted by Gasteiger charge is -2.04. The van der Waals surface area contributed by atoms with Crippen molar-refractivity contribution in [2.45, 2.75) is 14.0 Å². The lowest BCUT2D eigenvalue weighted by molar-refractivity contribution is 0.597. The maximum atomic E-state index is 12.4. The highest BCUT2D eigenvalue weighted by Gasteiger charge is 2.21. The minimum atomic E-state index is -3.70. The monoisotopic (exact) mass is 331 g/mol. The maximum Gasteiger partial charge on any atom is 0.216 e. The number of thiophene rings is 1. The van der Waals surface area contributed by atoms with Crippen molar-refractivity contribution in [3.63, 3.8) is 0 Å². The summed E-state index contributed by atoms with van der Waals surface area (Å²) in [5.74, 6) is 0. The van der Waals surface area contributed by atoms with Crippen LogP contribution in [-0.4, -0.2) is 30.1 Å². The van der Waals surface area contributed by atoms with E-state index in [2.05, 4.69) is 5.32 Å². The Morgan fingerprint density at radius 2 is 1.65 bits per heavy atom. The smallest absolute Gasteiger partial charge is 0.216 e. The Hall–Kier alpha value is -1.38. The van der Waals surface area contributed by atoms with Gasteiger partial charge in [0.25, 0.3) is 0 Å². The molecule has 0 atom stereocenters. The van der Waals surface area contributed by atoms with Gasteiger partial charge in [-0.1, -0.05) is 6.07 Å². The fraction of sp³-hybridized carbons (Fsp3) is 0.167. The maximum absolute atomic E-state index is 12.4. The van der Waals surface area contributed by atoms with Crippen LogP contribution in [-0.2, 0) is 19.7 Å². The molecule has 0 aliphatic heterocycles. The molecule has 0 spiro atoms. The third-order valence-electron chi connectivity index (χ3n) is 2.64. The molecule has 0 amide bonds. The van der Waals surface area contributed by atoms with E-state index in [9.17, 15) is 16.8 Å². The summed E-state index contributed by atoms with van der Waals surface area (Å²) in [4.78, 5) is -0.0334. The molecule has 5 nitrogen and oxygen atoms in total. The first-order valence-electron chi connectivity index (χ1n) is 5.58. The van der Waals surface area contributed by atoms with Gasteiger partial charge >= 0.3 is 0 Å². The molecule has 0 fully saturated rings. The molecule has 8 heteroatoms. The zero-order valence-electron chi connectivity index (χ0n) is 10.8. The zero-order valence-corrected chi connectivity index (χ0v) is 13.3. The average Bonchev–Trinajstić information content (AvgIpc) is 2.87. The fourth-order valence-electron chi connectivity index (χ4n) is 1.59. The molecule has 2 aromatic rings.